The van der Waals surface area contributed by atoms with Gasteiger partial charge in [-0.3, -0.25) is 0 Å². The van der Waals surface area contributed by atoms with Crippen molar-refractivity contribution < 1.29 is 8.42 Å². The molecule has 1 rings (SSSR count). The van der Waals surface area contributed by atoms with Crippen molar-refractivity contribution in [2.45, 2.75) is 6.92 Å². The van der Waals surface area contributed by atoms with Gasteiger partial charge < -0.3 is 0 Å². The molecule has 6 heteroatoms. The van der Waals surface area contributed by atoms with Crippen molar-refractivity contribution in [3.63, 3.8) is 0 Å². The van der Waals surface area contributed by atoms with Gasteiger partial charge >= 0.3 is 0 Å². The van der Waals surface area contributed by atoms with E-state index in [1.165, 1.54) is 11.3 Å². The van der Waals surface area contributed by atoms with E-state index >= 15 is 0 Å². The van der Waals surface area contributed by atoms with E-state index < -0.39 is 9.05 Å². The summed E-state index contributed by atoms with van der Waals surface area (Å²) in [6, 6.07) is 3.46. The minimum atomic E-state index is -3.59. The number of hydrogen-bond donors (Lipinski definition) is 0. The molecule has 0 amide bonds. The zero-order valence-electron chi connectivity index (χ0n) is 6.62. The Labute approximate surface area is 90.2 Å². The maximum absolute atomic E-state index is 10.7. The first-order chi connectivity index (χ1) is 5.88. The summed E-state index contributed by atoms with van der Waals surface area (Å²) in [5, 5.41) is 1.01. The highest BCUT2D eigenvalue weighted by molar-refractivity contribution is 8.16. The van der Waals surface area contributed by atoms with E-state index in [9.17, 15) is 8.42 Å². The minimum absolute atomic E-state index is 0.590. The molecule has 0 aromatic carbocycles. The molecule has 0 unspecified atom stereocenters. The van der Waals surface area contributed by atoms with Crippen molar-refractivity contribution in [1.29, 1.82) is 0 Å². The van der Waals surface area contributed by atoms with Gasteiger partial charge in [-0.1, -0.05) is 11.6 Å². The predicted octanol–water partition coefficient (Wildman–Crippen LogP) is 3.33. The molecular formula is C7H6Cl2O2S2. The molecule has 0 N–H and O–H groups in total. The van der Waals surface area contributed by atoms with Crippen LogP contribution < -0.4 is 0 Å². The molecular weight excluding hydrogens is 251 g/mol. The van der Waals surface area contributed by atoms with Crippen LogP contribution in [0, 0.1) is 0 Å². The highest BCUT2D eigenvalue weighted by atomic mass is 35.7. The number of thiophene rings is 1. The van der Waals surface area contributed by atoms with Crippen LogP contribution in [0.1, 0.15) is 11.8 Å². The van der Waals surface area contributed by atoms with Crippen molar-refractivity contribution in [3.05, 3.63) is 26.8 Å². The second-order valence-corrected chi connectivity index (χ2v) is 6.57. The van der Waals surface area contributed by atoms with Crippen LogP contribution >= 0.6 is 33.6 Å². The molecule has 1 heterocycles. The van der Waals surface area contributed by atoms with Crippen molar-refractivity contribution in [2.24, 2.45) is 0 Å². The summed E-state index contributed by atoms with van der Waals surface area (Å²) in [5.74, 6) is 0. The lowest BCUT2D eigenvalue weighted by molar-refractivity contribution is 0.617. The highest BCUT2D eigenvalue weighted by Gasteiger charge is 2.05. The Morgan fingerprint density at radius 3 is 2.54 bits per heavy atom. The predicted molar refractivity (Wildman–Crippen MR) is 57.8 cm³/mol. The summed E-state index contributed by atoms with van der Waals surface area (Å²) >= 11 is 7.00. The Morgan fingerprint density at radius 2 is 2.15 bits per heavy atom. The molecule has 1 aromatic rings. The molecule has 0 aliphatic rings. The number of hydrogen-bond acceptors (Lipinski definition) is 3. The monoisotopic (exact) mass is 256 g/mol. The summed E-state index contributed by atoms with van der Waals surface area (Å²) in [7, 11) is 1.46. The highest BCUT2D eigenvalue weighted by Crippen LogP contribution is 2.28. The second-order valence-electron chi connectivity index (χ2n) is 2.38. The molecule has 1 aromatic heterocycles. The second kappa shape index (κ2) is 4.00. The van der Waals surface area contributed by atoms with Gasteiger partial charge in [-0.05, 0) is 24.6 Å². The first-order valence-corrected chi connectivity index (χ1v) is 6.84. The zero-order chi connectivity index (χ0) is 10.1. The fourth-order valence-corrected chi connectivity index (χ4v) is 2.83. The van der Waals surface area contributed by atoms with Gasteiger partial charge in [0.05, 0.1) is 9.74 Å². The average Bonchev–Trinajstić information content (AvgIpc) is 2.31. The first-order valence-electron chi connectivity index (χ1n) is 3.27. The largest absolute Gasteiger partial charge is 0.254 e. The van der Waals surface area contributed by atoms with Crippen LogP contribution in [0.2, 0.25) is 4.34 Å². The summed E-state index contributed by atoms with van der Waals surface area (Å²) in [5.41, 5.74) is 0.590. The Bertz CT molecular complexity index is 431. The maximum Gasteiger partial charge on any atom is 0.254 e. The maximum atomic E-state index is 10.7. The minimum Gasteiger partial charge on any atom is -0.208 e. The van der Waals surface area contributed by atoms with E-state index in [0.717, 1.165) is 10.3 Å². The number of halogens is 2. The lowest BCUT2D eigenvalue weighted by Crippen LogP contribution is -1.82. The van der Waals surface area contributed by atoms with E-state index in [1.54, 1.807) is 19.1 Å². The van der Waals surface area contributed by atoms with Crippen molar-refractivity contribution >= 4 is 48.2 Å². The van der Waals surface area contributed by atoms with Crippen LogP contribution in [0.3, 0.4) is 0 Å². The van der Waals surface area contributed by atoms with Crippen LogP contribution in [0.15, 0.2) is 17.5 Å². The third-order valence-electron chi connectivity index (χ3n) is 1.28. The zero-order valence-corrected chi connectivity index (χ0v) is 9.77. The average molecular weight is 257 g/mol. The van der Waals surface area contributed by atoms with E-state index in [-0.39, 0.29) is 0 Å². The molecule has 0 aliphatic carbocycles. The Morgan fingerprint density at radius 1 is 1.54 bits per heavy atom. The Kier molecular flexibility index (Phi) is 3.40. The molecule has 2 nitrogen and oxygen atoms in total. The smallest absolute Gasteiger partial charge is 0.208 e. The van der Waals surface area contributed by atoms with Crippen LogP contribution in [0.4, 0.5) is 0 Å². The molecule has 0 saturated heterocycles. The third-order valence-corrected chi connectivity index (χ3v) is 3.55. The van der Waals surface area contributed by atoms with Gasteiger partial charge in [-0.15, -0.1) is 11.3 Å². The quantitative estimate of drug-likeness (QED) is 0.761. The van der Waals surface area contributed by atoms with Crippen molar-refractivity contribution in [2.75, 3.05) is 0 Å². The molecule has 72 valence electrons. The molecule has 0 saturated carbocycles. The fraction of sp³-hybridized carbons (Fsp3) is 0.143. The molecule has 0 fully saturated rings. The van der Waals surface area contributed by atoms with Crippen LogP contribution in [0.5, 0.6) is 0 Å². The third kappa shape index (κ3) is 3.68. The summed E-state index contributed by atoms with van der Waals surface area (Å²) in [6.45, 7) is 1.67. The van der Waals surface area contributed by atoms with Gasteiger partial charge in [0.15, 0.2) is 0 Å². The van der Waals surface area contributed by atoms with E-state index in [0.29, 0.717) is 9.91 Å². The topological polar surface area (TPSA) is 34.1 Å². The Hall–Kier alpha value is -0.0300. The molecule has 0 atom stereocenters. The fourth-order valence-electron chi connectivity index (χ4n) is 0.795. The normalized spacial score (nSPS) is 13.3. The van der Waals surface area contributed by atoms with Gasteiger partial charge in [-0.25, -0.2) is 8.42 Å². The molecule has 0 bridgehead atoms. The van der Waals surface area contributed by atoms with Crippen molar-refractivity contribution in [1.82, 2.24) is 0 Å². The van der Waals surface area contributed by atoms with Gasteiger partial charge in [-0.2, -0.15) is 0 Å². The standard InChI is InChI=1S/C7H6Cl2O2S2/c1-5(4-13(9,10)11)6-2-3-7(8)12-6/h2-4H,1H3. The first kappa shape index (κ1) is 11.0. The summed E-state index contributed by atoms with van der Waals surface area (Å²) in [6.07, 6.45) is 0. The van der Waals surface area contributed by atoms with Crippen molar-refractivity contribution in [3.8, 4) is 0 Å². The van der Waals surface area contributed by atoms with E-state index in [2.05, 4.69) is 0 Å². The number of allylic oxidation sites excluding steroid dienone is 1. The molecule has 13 heavy (non-hydrogen) atoms. The van der Waals surface area contributed by atoms with Gasteiger partial charge in [0.25, 0.3) is 9.05 Å². The van der Waals surface area contributed by atoms with Crippen LogP contribution in [-0.2, 0) is 9.05 Å². The Balaban J connectivity index is 3.05. The number of rotatable bonds is 2. The van der Waals surface area contributed by atoms with Crippen LogP contribution in [0.25, 0.3) is 5.57 Å². The summed E-state index contributed by atoms with van der Waals surface area (Å²) in [4.78, 5) is 0.800. The van der Waals surface area contributed by atoms with Crippen LogP contribution in [-0.4, -0.2) is 8.42 Å². The molecule has 0 spiro atoms. The van der Waals surface area contributed by atoms with Gasteiger partial charge in [0.1, 0.15) is 0 Å². The molecule has 0 aliphatic heterocycles. The lowest BCUT2D eigenvalue weighted by atomic mass is 10.3. The van der Waals surface area contributed by atoms with Gasteiger partial charge in [0.2, 0.25) is 0 Å². The molecule has 0 radical (unpaired) electrons. The SMILES string of the molecule is CC(=CS(=O)(=O)Cl)c1ccc(Cl)s1. The van der Waals surface area contributed by atoms with Gasteiger partial charge in [0, 0.05) is 15.6 Å². The van der Waals surface area contributed by atoms with E-state index in [4.69, 9.17) is 22.3 Å². The lowest BCUT2D eigenvalue weighted by Gasteiger charge is -1.93. The van der Waals surface area contributed by atoms with E-state index in [1.807, 2.05) is 0 Å². The summed E-state index contributed by atoms with van der Waals surface area (Å²) < 4.78 is 22.0.